The van der Waals surface area contributed by atoms with Crippen molar-refractivity contribution in [2.75, 3.05) is 0 Å². The Bertz CT molecular complexity index is 1120. The van der Waals surface area contributed by atoms with Crippen LogP contribution in [0.1, 0.15) is 47.8 Å². The van der Waals surface area contributed by atoms with E-state index in [1.165, 1.54) is 22.8 Å². The highest BCUT2D eigenvalue weighted by Crippen LogP contribution is 2.38. The molecule has 3 rings (SSSR count). The molecule has 29 heavy (non-hydrogen) atoms. The monoisotopic (exact) mass is 401 g/mol. The molecule has 0 radical (unpaired) electrons. The molecule has 0 unspecified atom stereocenters. The maximum absolute atomic E-state index is 14.1. The number of aliphatic carboxylic acids is 1. The normalized spacial score (nSPS) is 12.5. The first kappa shape index (κ1) is 20.5. The number of halogens is 2. The molecule has 0 saturated heterocycles. The first-order valence-electron chi connectivity index (χ1n) is 9.18. The highest BCUT2D eigenvalue weighted by atomic mass is 19.1. The van der Waals surface area contributed by atoms with Gasteiger partial charge in [-0.25, -0.2) is 8.78 Å². The van der Waals surface area contributed by atoms with Gasteiger partial charge >= 0.3 is 5.97 Å². The standard InChI is InChI=1S/C22H21F2NO4/c1-11(2)7-16(22(28)29)20-12(3)25(18-10-17(24)19(26)9-15(18)20)21(27)13-5-4-6-14(23)8-13/h4-6,8-11,16,26H,7H2,1-3H3,(H,28,29)/t16-/m0/s1. The fourth-order valence-electron chi connectivity index (χ4n) is 3.71. The number of benzene rings is 2. The van der Waals surface area contributed by atoms with Crippen LogP contribution in [0, 0.1) is 24.5 Å². The molecule has 7 heteroatoms. The zero-order chi connectivity index (χ0) is 21.5. The number of hydrogen-bond donors (Lipinski definition) is 2. The van der Waals surface area contributed by atoms with E-state index in [0.717, 1.165) is 18.2 Å². The molecule has 0 fully saturated rings. The lowest BCUT2D eigenvalue weighted by molar-refractivity contribution is -0.139. The van der Waals surface area contributed by atoms with Gasteiger partial charge in [0.1, 0.15) is 5.82 Å². The minimum atomic E-state index is -1.08. The molecule has 5 nitrogen and oxygen atoms in total. The molecule has 2 N–H and O–H groups in total. The third kappa shape index (κ3) is 3.72. The van der Waals surface area contributed by atoms with E-state index in [2.05, 4.69) is 0 Å². The van der Waals surface area contributed by atoms with Gasteiger partial charge in [-0.1, -0.05) is 19.9 Å². The average molecular weight is 401 g/mol. The number of phenols is 1. The number of carboxylic acid groups (broad SMARTS) is 1. The Balaban J connectivity index is 2.33. The maximum atomic E-state index is 14.1. The van der Waals surface area contributed by atoms with Crippen LogP contribution in [0.15, 0.2) is 36.4 Å². The average Bonchev–Trinajstić information content (AvgIpc) is 2.90. The Hall–Kier alpha value is -3.22. The van der Waals surface area contributed by atoms with Crippen molar-refractivity contribution < 1.29 is 28.6 Å². The summed E-state index contributed by atoms with van der Waals surface area (Å²) >= 11 is 0. The molecular weight excluding hydrogens is 380 g/mol. The summed E-state index contributed by atoms with van der Waals surface area (Å²) in [4.78, 5) is 25.1. The molecule has 152 valence electrons. The van der Waals surface area contributed by atoms with Crippen molar-refractivity contribution in [2.45, 2.75) is 33.1 Å². The molecule has 1 aromatic heterocycles. The third-order valence-corrected chi connectivity index (χ3v) is 4.95. The molecule has 0 aliphatic carbocycles. The van der Waals surface area contributed by atoms with Crippen molar-refractivity contribution in [2.24, 2.45) is 5.92 Å². The summed E-state index contributed by atoms with van der Waals surface area (Å²) in [5.74, 6) is -4.78. The van der Waals surface area contributed by atoms with Gasteiger partial charge in [0.2, 0.25) is 0 Å². The van der Waals surface area contributed by atoms with Crippen LogP contribution in [-0.4, -0.2) is 26.7 Å². The minimum Gasteiger partial charge on any atom is -0.505 e. The van der Waals surface area contributed by atoms with Gasteiger partial charge in [-0.3, -0.25) is 14.2 Å². The van der Waals surface area contributed by atoms with Crippen molar-refractivity contribution in [3.8, 4) is 5.75 Å². The highest BCUT2D eigenvalue weighted by Gasteiger charge is 2.30. The predicted molar refractivity (Wildman–Crippen MR) is 104 cm³/mol. The zero-order valence-corrected chi connectivity index (χ0v) is 16.2. The van der Waals surface area contributed by atoms with Crippen molar-refractivity contribution >= 4 is 22.8 Å². The van der Waals surface area contributed by atoms with Gasteiger partial charge in [-0.2, -0.15) is 0 Å². The van der Waals surface area contributed by atoms with Crippen LogP contribution in [0.4, 0.5) is 8.78 Å². The van der Waals surface area contributed by atoms with Crippen molar-refractivity contribution in [3.05, 3.63) is 64.9 Å². The second-order valence-electron chi connectivity index (χ2n) is 7.49. The number of carboxylic acids is 1. The number of carbonyl (C=O) groups is 2. The van der Waals surface area contributed by atoms with E-state index in [1.54, 1.807) is 6.92 Å². The van der Waals surface area contributed by atoms with Crippen LogP contribution >= 0.6 is 0 Å². The van der Waals surface area contributed by atoms with E-state index in [-0.39, 0.29) is 22.4 Å². The number of rotatable bonds is 5. The summed E-state index contributed by atoms with van der Waals surface area (Å²) in [6.07, 6.45) is 0.293. The summed E-state index contributed by atoms with van der Waals surface area (Å²) in [6, 6.07) is 7.20. The number of hydrogen-bond acceptors (Lipinski definition) is 3. The lowest BCUT2D eigenvalue weighted by atomic mass is 9.88. The minimum absolute atomic E-state index is 0.0424. The van der Waals surface area contributed by atoms with Gasteiger partial charge in [0, 0.05) is 22.7 Å². The molecule has 0 spiro atoms. The fraction of sp³-hybridized carbons (Fsp3) is 0.273. The first-order valence-corrected chi connectivity index (χ1v) is 9.18. The molecule has 1 heterocycles. The molecule has 0 saturated carbocycles. The summed E-state index contributed by atoms with van der Waals surface area (Å²) < 4.78 is 28.9. The van der Waals surface area contributed by atoms with Gasteiger partial charge in [0.15, 0.2) is 11.6 Å². The van der Waals surface area contributed by atoms with E-state index in [9.17, 15) is 28.6 Å². The van der Waals surface area contributed by atoms with E-state index < -0.39 is 35.2 Å². The summed E-state index contributed by atoms with van der Waals surface area (Å²) in [6.45, 7) is 5.32. The Morgan fingerprint density at radius 1 is 1.14 bits per heavy atom. The third-order valence-electron chi connectivity index (χ3n) is 4.95. The van der Waals surface area contributed by atoms with Crippen LogP contribution in [0.3, 0.4) is 0 Å². The van der Waals surface area contributed by atoms with Gasteiger partial charge in [0.05, 0.1) is 11.4 Å². The molecule has 2 aromatic carbocycles. The van der Waals surface area contributed by atoms with Crippen LogP contribution in [-0.2, 0) is 4.79 Å². The van der Waals surface area contributed by atoms with Gasteiger partial charge < -0.3 is 10.2 Å². The first-order chi connectivity index (χ1) is 13.6. The molecule has 1 atom stereocenters. The highest BCUT2D eigenvalue weighted by molar-refractivity contribution is 6.05. The van der Waals surface area contributed by atoms with Crippen LogP contribution in [0.25, 0.3) is 10.9 Å². The van der Waals surface area contributed by atoms with E-state index in [0.29, 0.717) is 17.7 Å². The number of carbonyl (C=O) groups excluding carboxylic acids is 1. The SMILES string of the molecule is Cc1c([C@H](CC(C)C)C(=O)O)c2cc(O)c(F)cc2n1C(=O)c1cccc(F)c1. The topological polar surface area (TPSA) is 79.5 Å². The Labute approximate surface area is 166 Å². The van der Waals surface area contributed by atoms with Crippen molar-refractivity contribution in [3.63, 3.8) is 0 Å². The number of aromatic hydroxyl groups is 1. The lowest BCUT2D eigenvalue weighted by Crippen LogP contribution is -2.17. The van der Waals surface area contributed by atoms with Crippen molar-refractivity contribution in [1.82, 2.24) is 4.57 Å². The Kier molecular flexibility index (Phi) is 5.42. The summed E-state index contributed by atoms with van der Waals surface area (Å²) in [5, 5.41) is 20.0. The van der Waals surface area contributed by atoms with Gasteiger partial charge in [0.25, 0.3) is 5.91 Å². The Morgan fingerprint density at radius 3 is 2.41 bits per heavy atom. The molecule has 0 amide bonds. The molecular formula is C22H21F2NO4. The van der Waals surface area contributed by atoms with Crippen LogP contribution < -0.4 is 0 Å². The second kappa shape index (κ2) is 7.66. The number of nitrogens with zero attached hydrogens (tertiary/aromatic N) is 1. The lowest BCUT2D eigenvalue weighted by Gasteiger charge is -2.16. The van der Waals surface area contributed by atoms with Crippen LogP contribution in [0.2, 0.25) is 0 Å². The molecule has 0 aliphatic rings. The molecule has 3 aromatic rings. The second-order valence-corrected chi connectivity index (χ2v) is 7.49. The van der Waals surface area contributed by atoms with Crippen molar-refractivity contribution in [1.29, 1.82) is 0 Å². The van der Waals surface area contributed by atoms with Crippen LogP contribution in [0.5, 0.6) is 5.75 Å². The van der Waals surface area contributed by atoms with E-state index in [4.69, 9.17) is 0 Å². The van der Waals surface area contributed by atoms with E-state index in [1.807, 2.05) is 13.8 Å². The number of fused-ring (bicyclic) bond motifs is 1. The Morgan fingerprint density at radius 2 is 1.83 bits per heavy atom. The predicted octanol–water partition coefficient (Wildman–Crippen LogP) is 4.84. The van der Waals surface area contributed by atoms with E-state index >= 15 is 0 Å². The maximum Gasteiger partial charge on any atom is 0.311 e. The van der Waals surface area contributed by atoms with Gasteiger partial charge in [-0.05, 0) is 49.1 Å². The summed E-state index contributed by atoms with van der Waals surface area (Å²) in [7, 11) is 0. The quantitative estimate of drug-likeness (QED) is 0.641. The number of aromatic nitrogens is 1. The van der Waals surface area contributed by atoms with Gasteiger partial charge in [-0.15, -0.1) is 0 Å². The molecule has 0 aliphatic heterocycles. The zero-order valence-electron chi connectivity index (χ0n) is 16.2. The smallest absolute Gasteiger partial charge is 0.311 e. The summed E-state index contributed by atoms with van der Waals surface area (Å²) in [5.41, 5.74) is 0.811. The number of phenolic OH excluding ortho intramolecular Hbond substituents is 1. The largest absolute Gasteiger partial charge is 0.505 e. The fourth-order valence-corrected chi connectivity index (χ4v) is 3.71. The molecule has 0 bridgehead atoms.